The molecule has 1 aromatic rings. The molecule has 2 heterocycles. The van der Waals surface area contributed by atoms with Crippen LogP contribution in [0.1, 0.15) is 10.4 Å². The van der Waals surface area contributed by atoms with Crippen molar-refractivity contribution in [3.05, 3.63) is 30.1 Å². The van der Waals surface area contributed by atoms with E-state index in [0.717, 1.165) is 0 Å². The standard InChI is InChI=1S/C11H14NO9P.K.Na/c13-8-7(5-19-22(16,17)18)20-11(9(8)14)21-10(15)6-2-1-3-12-4-6;;/h1-4,7-9,11,13-14H,5H2,(H2,16,17,18);;/q;2*+1/t7-,8-,9-,11-;;/m1../s1. The number of aromatic nitrogens is 1. The first-order valence-electron chi connectivity index (χ1n) is 6.10. The number of hydrogen-bond donors (Lipinski definition) is 4. The van der Waals surface area contributed by atoms with E-state index in [9.17, 15) is 19.6 Å². The Labute approximate surface area is 201 Å². The van der Waals surface area contributed by atoms with Gasteiger partial charge in [0.1, 0.15) is 18.3 Å². The quantitative estimate of drug-likeness (QED) is 0.214. The third kappa shape index (κ3) is 7.47. The van der Waals surface area contributed by atoms with Crippen LogP contribution in [0.5, 0.6) is 0 Å². The molecule has 1 aliphatic heterocycles. The molecule has 1 fully saturated rings. The number of nitrogens with zero attached hydrogens (tertiary/aromatic N) is 1. The number of hydrogen-bond acceptors (Lipinski definition) is 8. The van der Waals surface area contributed by atoms with Crippen LogP contribution in [-0.4, -0.2) is 62.2 Å². The molecule has 1 aromatic heterocycles. The van der Waals surface area contributed by atoms with Crippen molar-refractivity contribution in [2.75, 3.05) is 6.61 Å². The van der Waals surface area contributed by atoms with Gasteiger partial charge in [-0.3, -0.25) is 9.51 Å². The van der Waals surface area contributed by atoms with E-state index in [-0.39, 0.29) is 86.5 Å². The minimum absolute atomic E-state index is 0. The molecule has 0 bridgehead atoms. The van der Waals surface area contributed by atoms with Crippen LogP contribution >= 0.6 is 7.82 Å². The summed E-state index contributed by atoms with van der Waals surface area (Å²) in [6, 6.07) is 2.94. The molecular formula is C11H14KNNaO9P+2. The van der Waals surface area contributed by atoms with Gasteiger partial charge in [-0.25, -0.2) is 9.36 Å². The number of carbonyl (C=O) groups excluding carboxylic acids is 1. The molecular weight excluding hydrogens is 383 g/mol. The Balaban J connectivity index is 0.00000264. The predicted molar refractivity (Wildman–Crippen MR) is 68.3 cm³/mol. The van der Waals surface area contributed by atoms with Crippen molar-refractivity contribution < 1.29 is 124 Å². The van der Waals surface area contributed by atoms with Crippen LogP contribution in [0.25, 0.3) is 0 Å². The zero-order valence-corrected chi connectivity index (χ0v) is 19.1. The number of rotatable bonds is 5. The number of pyridine rings is 1. The average molecular weight is 397 g/mol. The van der Waals surface area contributed by atoms with E-state index in [0.29, 0.717) is 0 Å². The van der Waals surface area contributed by atoms with Crippen LogP contribution in [0, 0.1) is 0 Å². The summed E-state index contributed by atoms with van der Waals surface area (Å²) in [6.45, 7) is -0.677. The molecule has 0 saturated carbocycles. The van der Waals surface area contributed by atoms with Crippen molar-refractivity contribution >= 4 is 13.8 Å². The van der Waals surface area contributed by atoms with E-state index in [1.54, 1.807) is 0 Å². The normalized spacial score (nSPS) is 26.2. The molecule has 4 atom stereocenters. The molecule has 13 heteroatoms. The summed E-state index contributed by atoms with van der Waals surface area (Å²) in [5, 5.41) is 19.4. The second-order valence-corrected chi connectivity index (χ2v) is 5.70. The fourth-order valence-electron chi connectivity index (χ4n) is 1.78. The summed E-state index contributed by atoms with van der Waals surface area (Å²) in [5.74, 6) is -0.832. The predicted octanol–water partition coefficient (Wildman–Crippen LogP) is -7.20. The Morgan fingerprint density at radius 1 is 1.33 bits per heavy atom. The zero-order chi connectivity index (χ0) is 16.3. The SMILES string of the molecule is O=C(O[C@H]1O[C@H](COP(=O)(O)O)[C@@H](O)[C@H]1O)c1cccnc1.[K+].[Na+]. The molecule has 0 unspecified atom stereocenters. The second kappa shape index (κ2) is 11.2. The molecule has 10 nitrogen and oxygen atoms in total. The van der Waals surface area contributed by atoms with Gasteiger partial charge in [-0.1, -0.05) is 0 Å². The average Bonchev–Trinajstić information content (AvgIpc) is 2.73. The fraction of sp³-hybridized carbons (Fsp3) is 0.455. The van der Waals surface area contributed by atoms with Crippen molar-refractivity contribution in [1.82, 2.24) is 4.98 Å². The maximum atomic E-state index is 11.8. The minimum Gasteiger partial charge on any atom is -0.429 e. The number of ether oxygens (including phenoxy) is 2. The van der Waals surface area contributed by atoms with E-state index in [1.165, 1.54) is 24.5 Å². The van der Waals surface area contributed by atoms with Crippen LogP contribution in [0.3, 0.4) is 0 Å². The fourth-order valence-corrected chi connectivity index (χ4v) is 2.12. The van der Waals surface area contributed by atoms with Gasteiger partial charge in [0, 0.05) is 12.4 Å². The second-order valence-electron chi connectivity index (χ2n) is 4.46. The maximum absolute atomic E-state index is 11.8. The van der Waals surface area contributed by atoms with Crippen LogP contribution < -0.4 is 80.9 Å². The third-order valence-corrected chi connectivity index (χ3v) is 3.33. The molecule has 4 N–H and O–H groups in total. The molecule has 0 spiro atoms. The number of aliphatic hydroxyl groups excluding tert-OH is 2. The minimum atomic E-state index is -4.75. The van der Waals surface area contributed by atoms with Crippen molar-refractivity contribution in [2.24, 2.45) is 0 Å². The van der Waals surface area contributed by atoms with Crippen LogP contribution in [0.15, 0.2) is 24.5 Å². The summed E-state index contributed by atoms with van der Waals surface area (Å²) in [6.07, 6.45) is -3.16. The summed E-state index contributed by atoms with van der Waals surface area (Å²) >= 11 is 0. The largest absolute Gasteiger partial charge is 1.00 e. The van der Waals surface area contributed by atoms with Gasteiger partial charge in [0.25, 0.3) is 0 Å². The zero-order valence-electron chi connectivity index (χ0n) is 13.1. The molecule has 0 aromatic carbocycles. The maximum Gasteiger partial charge on any atom is 1.00 e. The number of carbonyl (C=O) groups is 1. The third-order valence-electron chi connectivity index (χ3n) is 2.85. The van der Waals surface area contributed by atoms with Gasteiger partial charge in [0.05, 0.1) is 12.2 Å². The van der Waals surface area contributed by atoms with E-state index < -0.39 is 45.0 Å². The first-order chi connectivity index (χ1) is 10.3. The summed E-state index contributed by atoms with van der Waals surface area (Å²) in [7, 11) is -4.75. The molecule has 24 heavy (non-hydrogen) atoms. The summed E-state index contributed by atoms with van der Waals surface area (Å²) in [5.41, 5.74) is 0.114. The molecule has 0 aliphatic carbocycles. The topological polar surface area (TPSA) is 156 Å². The first kappa shape index (κ1) is 25.2. The van der Waals surface area contributed by atoms with Gasteiger partial charge in [-0.05, 0) is 12.1 Å². The molecule has 2 rings (SSSR count). The van der Waals surface area contributed by atoms with Crippen LogP contribution in [0.2, 0.25) is 0 Å². The van der Waals surface area contributed by atoms with E-state index in [1.807, 2.05) is 0 Å². The Morgan fingerprint density at radius 3 is 2.54 bits per heavy atom. The van der Waals surface area contributed by atoms with Crippen molar-refractivity contribution in [3.8, 4) is 0 Å². The smallest absolute Gasteiger partial charge is 0.429 e. The number of phosphoric ester groups is 1. The summed E-state index contributed by atoms with van der Waals surface area (Å²) < 4.78 is 24.7. The Bertz CT molecular complexity index is 574. The monoisotopic (exact) mass is 397 g/mol. The molecule has 0 amide bonds. The van der Waals surface area contributed by atoms with Gasteiger partial charge >= 0.3 is 94.7 Å². The Kier molecular flexibility index (Phi) is 11.8. The van der Waals surface area contributed by atoms with Crippen LogP contribution in [-0.2, 0) is 18.6 Å². The van der Waals surface area contributed by atoms with Gasteiger partial charge in [0.2, 0.25) is 6.29 Å². The van der Waals surface area contributed by atoms with Gasteiger partial charge in [-0.2, -0.15) is 0 Å². The van der Waals surface area contributed by atoms with Crippen molar-refractivity contribution in [2.45, 2.75) is 24.6 Å². The van der Waals surface area contributed by atoms with Crippen molar-refractivity contribution in [1.29, 1.82) is 0 Å². The van der Waals surface area contributed by atoms with Crippen LogP contribution in [0.4, 0.5) is 0 Å². The van der Waals surface area contributed by atoms with Crippen molar-refractivity contribution in [3.63, 3.8) is 0 Å². The Morgan fingerprint density at radius 2 is 2.00 bits per heavy atom. The number of aliphatic hydroxyl groups is 2. The molecule has 0 radical (unpaired) electrons. The van der Waals surface area contributed by atoms with Gasteiger partial charge in [-0.15, -0.1) is 0 Å². The van der Waals surface area contributed by atoms with E-state index >= 15 is 0 Å². The molecule has 1 aliphatic rings. The van der Waals surface area contributed by atoms with E-state index in [2.05, 4.69) is 9.51 Å². The molecule has 122 valence electrons. The van der Waals surface area contributed by atoms with Gasteiger partial charge in [0.15, 0.2) is 0 Å². The number of phosphoric acid groups is 1. The number of esters is 1. The van der Waals surface area contributed by atoms with Gasteiger partial charge < -0.3 is 29.5 Å². The molecule has 1 saturated heterocycles. The Hall–Kier alpha value is 1.25. The summed E-state index contributed by atoms with van der Waals surface area (Å²) in [4.78, 5) is 32.7. The first-order valence-corrected chi connectivity index (χ1v) is 7.63. The van der Waals surface area contributed by atoms with E-state index in [4.69, 9.17) is 19.3 Å².